The van der Waals surface area contributed by atoms with Crippen molar-refractivity contribution >= 4 is 34.8 Å². The fraction of sp³-hybridized carbons (Fsp3) is 0.222. The molecule has 1 atom stereocenters. The lowest BCUT2D eigenvalue weighted by Gasteiger charge is -2.27. The molecule has 0 radical (unpaired) electrons. The SMILES string of the molecule is CC1CC(=O)Nc2ccccc2N1C(=O)COc1ccc(F)c(Cl)c1. The summed E-state index contributed by atoms with van der Waals surface area (Å²) >= 11 is 5.71. The number of ether oxygens (including phenoxy) is 1. The fourth-order valence-corrected chi connectivity index (χ4v) is 2.92. The minimum Gasteiger partial charge on any atom is -0.484 e. The Hall–Kier alpha value is -2.60. The maximum absolute atomic E-state index is 13.2. The van der Waals surface area contributed by atoms with Crippen LogP contribution in [0.1, 0.15) is 13.3 Å². The van der Waals surface area contributed by atoms with E-state index in [9.17, 15) is 14.0 Å². The van der Waals surface area contributed by atoms with Crippen molar-refractivity contribution in [1.82, 2.24) is 0 Å². The molecular formula is C18H16ClFN2O3. The Balaban J connectivity index is 1.80. The molecule has 7 heteroatoms. The third-order valence-electron chi connectivity index (χ3n) is 3.88. The van der Waals surface area contributed by atoms with Crippen molar-refractivity contribution in [3.8, 4) is 5.75 Å². The standard InChI is InChI=1S/C18H16ClFN2O3/c1-11-8-17(23)21-15-4-2-3-5-16(15)22(11)18(24)10-25-12-6-7-14(20)13(19)9-12/h2-7,9,11H,8,10H2,1H3,(H,21,23). The molecule has 5 nitrogen and oxygen atoms in total. The lowest BCUT2D eigenvalue weighted by Crippen LogP contribution is -2.41. The van der Waals surface area contributed by atoms with E-state index >= 15 is 0 Å². The van der Waals surface area contributed by atoms with E-state index in [1.165, 1.54) is 18.2 Å². The first-order valence-electron chi connectivity index (χ1n) is 7.74. The van der Waals surface area contributed by atoms with Crippen LogP contribution < -0.4 is 15.0 Å². The van der Waals surface area contributed by atoms with Crippen LogP contribution in [0.15, 0.2) is 42.5 Å². The van der Waals surface area contributed by atoms with Gasteiger partial charge >= 0.3 is 0 Å². The first-order valence-corrected chi connectivity index (χ1v) is 8.12. The molecule has 0 saturated heterocycles. The highest BCUT2D eigenvalue weighted by Gasteiger charge is 2.29. The molecule has 2 aromatic rings. The highest BCUT2D eigenvalue weighted by molar-refractivity contribution is 6.30. The molecule has 1 heterocycles. The largest absolute Gasteiger partial charge is 0.484 e. The van der Waals surface area contributed by atoms with Gasteiger partial charge in [0.15, 0.2) is 6.61 Å². The Bertz CT molecular complexity index is 828. The van der Waals surface area contributed by atoms with Gasteiger partial charge in [0.05, 0.1) is 16.4 Å². The van der Waals surface area contributed by atoms with Gasteiger partial charge in [-0.1, -0.05) is 23.7 Å². The van der Waals surface area contributed by atoms with Crippen LogP contribution in [0.25, 0.3) is 0 Å². The molecule has 1 aliphatic rings. The van der Waals surface area contributed by atoms with Gasteiger partial charge in [-0.2, -0.15) is 0 Å². The van der Waals surface area contributed by atoms with Gasteiger partial charge in [0, 0.05) is 18.5 Å². The van der Waals surface area contributed by atoms with Crippen molar-refractivity contribution in [2.24, 2.45) is 0 Å². The number of nitrogens with one attached hydrogen (secondary N) is 1. The second-order valence-electron chi connectivity index (χ2n) is 5.75. The first kappa shape index (κ1) is 17.2. The van der Waals surface area contributed by atoms with Crippen molar-refractivity contribution in [3.63, 3.8) is 0 Å². The smallest absolute Gasteiger partial charge is 0.265 e. The Morgan fingerprint density at radius 1 is 1.36 bits per heavy atom. The summed E-state index contributed by atoms with van der Waals surface area (Å²) in [4.78, 5) is 26.2. The van der Waals surface area contributed by atoms with Crippen LogP contribution in [0, 0.1) is 5.82 Å². The van der Waals surface area contributed by atoms with E-state index in [1.807, 2.05) is 0 Å². The molecule has 3 rings (SSSR count). The van der Waals surface area contributed by atoms with Crippen LogP contribution in [-0.2, 0) is 9.59 Å². The second kappa shape index (κ2) is 7.11. The monoisotopic (exact) mass is 362 g/mol. The molecule has 2 aromatic carbocycles. The third-order valence-corrected chi connectivity index (χ3v) is 4.17. The predicted octanol–water partition coefficient (Wildman–Crippen LogP) is 3.62. The number of hydrogen-bond donors (Lipinski definition) is 1. The number of fused-ring (bicyclic) bond motifs is 1. The lowest BCUT2D eigenvalue weighted by atomic mass is 10.1. The van der Waals surface area contributed by atoms with Gasteiger partial charge in [-0.05, 0) is 31.2 Å². The molecule has 0 bridgehead atoms. The van der Waals surface area contributed by atoms with Crippen molar-refractivity contribution in [2.45, 2.75) is 19.4 Å². The summed E-state index contributed by atoms with van der Waals surface area (Å²) in [6.45, 7) is 1.54. The van der Waals surface area contributed by atoms with E-state index in [0.29, 0.717) is 17.1 Å². The van der Waals surface area contributed by atoms with Crippen LogP contribution in [-0.4, -0.2) is 24.5 Å². The Labute approximate surface area is 149 Å². The molecule has 1 aliphatic heterocycles. The number of carbonyl (C=O) groups excluding carboxylic acids is 2. The zero-order valence-corrected chi connectivity index (χ0v) is 14.2. The number of rotatable bonds is 3. The minimum absolute atomic E-state index is 0.0757. The molecule has 0 saturated carbocycles. The zero-order chi connectivity index (χ0) is 18.0. The van der Waals surface area contributed by atoms with Crippen molar-refractivity contribution in [1.29, 1.82) is 0 Å². The number of hydrogen-bond acceptors (Lipinski definition) is 3. The van der Waals surface area contributed by atoms with Crippen LogP contribution in [0.3, 0.4) is 0 Å². The quantitative estimate of drug-likeness (QED) is 0.907. The summed E-state index contributed by atoms with van der Waals surface area (Å²) < 4.78 is 18.6. The molecule has 25 heavy (non-hydrogen) atoms. The molecular weight excluding hydrogens is 347 g/mol. The van der Waals surface area contributed by atoms with Gasteiger partial charge in [0.25, 0.3) is 5.91 Å². The van der Waals surface area contributed by atoms with E-state index in [2.05, 4.69) is 5.32 Å². The van der Waals surface area contributed by atoms with E-state index in [0.717, 1.165) is 0 Å². The van der Waals surface area contributed by atoms with Gasteiger partial charge in [-0.3, -0.25) is 9.59 Å². The molecule has 0 fully saturated rings. The molecule has 2 amide bonds. The normalized spacial score (nSPS) is 16.7. The lowest BCUT2D eigenvalue weighted by molar-refractivity contribution is -0.121. The Kier molecular flexibility index (Phi) is 4.90. The topological polar surface area (TPSA) is 58.6 Å². The number of anilines is 2. The fourth-order valence-electron chi connectivity index (χ4n) is 2.75. The van der Waals surface area contributed by atoms with Gasteiger partial charge in [0.1, 0.15) is 11.6 Å². The maximum Gasteiger partial charge on any atom is 0.265 e. The Morgan fingerprint density at radius 3 is 2.88 bits per heavy atom. The summed E-state index contributed by atoms with van der Waals surface area (Å²) in [6.07, 6.45) is 0.183. The van der Waals surface area contributed by atoms with Crippen molar-refractivity contribution in [2.75, 3.05) is 16.8 Å². The van der Waals surface area contributed by atoms with Gasteiger partial charge in [0.2, 0.25) is 5.91 Å². The highest BCUT2D eigenvalue weighted by Crippen LogP contribution is 2.31. The van der Waals surface area contributed by atoms with E-state index in [4.69, 9.17) is 16.3 Å². The number of carbonyl (C=O) groups is 2. The first-order chi connectivity index (χ1) is 12.0. The number of amides is 2. The molecule has 0 aromatic heterocycles. The highest BCUT2D eigenvalue weighted by atomic mass is 35.5. The third kappa shape index (κ3) is 3.74. The van der Waals surface area contributed by atoms with Crippen LogP contribution in [0.5, 0.6) is 5.75 Å². The minimum atomic E-state index is -0.556. The summed E-state index contributed by atoms with van der Waals surface area (Å²) in [5.41, 5.74) is 1.20. The van der Waals surface area contributed by atoms with Gasteiger partial charge in [-0.15, -0.1) is 0 Å². The molecule has 1 N–H and O–H groups in total. The Morgan fingerprint density at radius 2 is 2.12 bits per heavy atom. The molecule has 0 aliphatic carbocycles. The van der Waals surface area contributed by atoms with Gasteiger partial charge in [-0.25, -0.2) is 4.39 Å². The number of benzene rings is 2. The summed E-state index contributed by atoms with van der Waals surface area (Å²) in [5.74, 6) is -0.719. The zero-order valence-electron chi connectivity index (χ0n) is 13.5. The number of para-hydroxylation sites is 2. The number of nitrogens with zero attached hydrogens (tertiary/aromatic N) is 1. The average molecular weight is 363 g/mol. The summed E-state index contributed by atoms with van der Waals surface area (Å²) in [6, 6.07) is 10.7. The molecule has 1 unspecified atom stereocenters. The maximum atomic E-state index is 13.2. The van der Waals surface area contributed by atoms with E-state index < -0.39 is 5.82 Å². The molecule has 0 spiro atoms. The van der Waals surface area contributed by atoms with Crippen LogP contribution >= 0.6 is 11.6 Å². The predicted molar refractivity (Wildman–Crippen MR) is 93.5 cm³/mol. The van der Waals surface area contributed by atoms with Crippen LogP contribution in [0.2, 0.25) is 5.02 Å². The summed E-state index contributed by atoms with van der Waals surface area (Å²) in [5, 5.41) is 2.72. The average Bonchev–Trinajstić information content (AvgIpc) is 2.70. The van der Waals surface area contributed by atoms with E-state index in [1.54, 1.807) is 36.1 Å². The number of halogens is 2. The van der Waals surface area contributed by atoms with Gasteiger partial charge < -0.3 is 15.0 Å². The molecule has 130 valence electrons. The van der Waals surface area contributed by atoms with Crippen molar-refractivity contribution in [3.05, 3.63) is 53.3 Å². The summed E-state index contributed by atoms with van der Waals surface area (Å²) in [7, 11) is 0. The van der Waals surface area contributed by atoms with E-state index in [-0.39, 0.29) is 35.9 Å². The van der Waals surface area contributed by atoms with Crippen LogP contribution in [0.4, 0.5) is 15.8 Å². The second-order valence-corrected chi connectivity index (χ2v) is 6.15. The van der Waals surface area contributed by atoms with Crippen molar-refractivity contribution < 1.29 is 18.7 Å².